The van der Waals surface area contributed by atoms with Crippen molar-refractivity contribution in [1.82, 2.24) is 9.97 Å². The third kappa shape index (κ3) is 1.97. The molecule has 0 saturated carbocycles. The Bertz CT molecular complexity index is 503. The fourth-order valence-electron chi connectivity index (χ4n) is 2.61. The van der Waals surface area contributed by atoms with Crippen LogP contribution in [0.25, 0.3) is 0 Å². The Labute approximate surface area is 106 Å². The molecule has 1 saturated heterocycles. The molecule has 1 aromatic rings. The molecule has 0 bridgehead atoms. The van der Waals surface area contributed by atoms with E-state index in [9.17, 15) is 4.79 Å². The van der Waals surface area contributed by atoms with Crippen molar-refractivity contribution in [2.75, 3.05) is 13.2 Å². The third-order valence-corrected chi connectivity index (χ3v) is 3.80. The number of rotatable bonds is 1. The number of H-pyrrole nitrogens is 1. The van der Waals surface area contributed by atoms with E-state index in [1.165, 1.54) is 0 Å². The zero-order valence-corrected chi connectivity index (χ0v) is 10.6. The highest BCUT2D eigenvalue weighted by Gasteiger charge is 2.33. The molecular weight excluding hydrogens is 232 g/mol. The summed E-state index contributed by atoms with van der Waals surface area (Å²) >= 11 is 0. The van der Waals surface area contributed by atoms with Crippen LogP contribution in [-0.4, -0.2) is 23.2 Å². The Hall–Kier alpha value is -1.20. The van der Waals surface area contributed by atoms with E-state index in [4.69, 9.17) is 9.47 Å². The molecule has 2 aliphatic heterocycles. The molecule has 1 aromatic heterocycles. The molecule has 18 heavy (non-hydrogen) atoms. The van der Waals surface area contributed by atoms with Crippen LogP contribution in [0.3, 0.4) is 0 Å². The summed E-state index contributed by atoms with van der Waals surface area (Å²) in [6, 6.07) is 0. The fraction of sp³-hybridized carbons (Fsp3) is 0.692. The van der Waals surface area contributed by atoms with Crippen molar-refractivity contribution in [2.24, 2.45) is 0 Å². The molecule has 2 aliphatic rings. The van der Waals surface area contributed by atoms with Gasteiger partial charge < -0.3 is 14.5 Å². The highest BCUT2D eigenvalue weighted by molar-refractivity contribution is 5.21. The number of aromatic amines is 1. The van der Waals surface area contributed by atoms with E-state index in [0.717, 1.165) is 31.6 Å². The van der Waals surface area contributed by atoms with Gasteiger partial charge in [0.05, 0.1) is 24.5 Å². The minimum absolute atomic E-state index is 0.0786. The average Bonchev–Trinajstić information content (AvgIpc) is 2.39. The average molecular weight is 250 g/mol. The minimum atomic E-state index is -0.440. The molecule has 0 aliphatic carbocycles. The van der Waals surface area contributed by atoms with Crippen molar-refractivity contribution in [2.45, 2.75) is 44.8 Å². The van der Waals surface area contributed by atoms with Crippen LogP contribution < -0.4 is 5.56 Å². The Morgan fingerprint density at radius 3 is 3.00 bits per heavy atom. The van der Waals surface area contributed by atoms with Crippen LogP contribution in [0.2, 0.25) is 0 Å². The Balaban J connectivity index is 2.02. The molecule has 0 aromatic carbocycles. The van der Waals surface area contributed by atoms with Crippen LogP contribution in [-0.2, 0) is 28.1 Å². The molecule has 1 unspecified atom stereocenters. The van der Waals surface area contributed by atoms with Crippen molar-refractivity contribution < 1.29 is 9.47 Å². The number of nitrogens with zero attached hydrogens (tertiary/aromatic N) is 1. The summed E-state index contributed by atoms with van der Waals surface area (Å²) in [6.07, 6.45) is 3.81. The Morgan fingerprint density at radius 2 is 2.22 bits per heavy atom. The van der Waals surface area contributed by atoms with Crippen LogP contribution in [0.1, 0.15) is 43.3 Å². The van der Waals surface area contributed by atoms with Crippen molar-refractivity contribution in [3.63, 3.8) is 0 Å². The highest BCUT2D eigenvalue weighted by atomic mass is 16.5. The van der Waals surface area contributed by atoms with Gasteiger partial charge in [-0.05, 0) is 26.2 Å². The molecule has 0 spiro atoms. The fourth-order valence-corrected chi connectivity index (χ4v) is 2.61. The summed E-state index contributed by atoms with van der Waals surface area (Å²) < 4.78 is 11.1. The summed E-state index contributed by atoms with van der Waals surface area (Å²) in [5.74, 6) is 0.674. The summed E-state index contributed by atoms with van der Waals surface area (Å²) in [5.41, 5.74) is 1.02. The molecular formula is C13H18N2O3. The van der Waals surface area contributed by atoms with Gasteiger partial charge in [0.25, 0.3) is 5.56 Å². The monoisotopic (exact) mass is 250 g/mol. The van der Waals surface area contributed by atoms with E-state index < -0.39 is 5.60 Å². The third-order valence-electron chi connectivity index (χ3n) is 3.80. The number of ether oxygens (including phenoxy) is 2. The van der Waals surface area contributed by atoms with Gasteiger partial charge in [-0.25, -0.2) is 4.98 Å². The summed E-state index contributed by atoms with van der Waals surface area (Å²) in [7, 11) is 0. The maximum atomic E-state index is 12.0. The largest absolute Gasteiger partial charge is 0.376 e. The molecule has 5 heteroatoms. The van der Waals surface area contributed by atoms with Crippen molar-refractivity contribution >= 4 is 0 Å². The first-order chi connectivity index (χ1) is 8.69. The first kappa shape index (κ1) is 11.9. The lowest BCUT2D eigenvalue weighted by molar-refractivity contribution is -0.0765. The number of fused-ring (bicyclic) bond motifs is 1. The van der Waals surface area contributed by atoms with E-state index in [1.807, 2.05) is 6.92 Å². The highest BCUT2D eigenvalue weighted by Crippen LogP contribution is 2.32. The smallest absolute Gasteiger partial charge is 0.256 e. The first-order valence-electron chi connectivity index (χ1n) is 6.53. The standard InChI is InChI=1S/C13H18N2O3/c1-13(5-2-3-6-18-13)12-14-10-4-7-17-8-9(10)11(16)15-12/h2-8H2,1H3,(H,14,15,16). The maximum absolute atomic E-state index is 12.0. The lowest BCUT2D eigenvalue weighted by Gasteiger charge is -2.33. The first-order valence-corrected chi connectivity index (χ1v) is 6.53. The van der Waals surface area contributed by atoms with Crippen LogP contribution in [0.15, 0.2) is 4.79 Å². The van der Waals surface area contributed by atoms with Crippen molar-refractivity contribution in [1.29, 1.82) is 0 Å². The predicted octanol–water partition coefficient (Wildman–Crippen LogP) is 1.26. The van der Waals surface area contributed by atoms with Crippen LogP contribution in [0.4, 0.5) is 0 Å². The van der Waals surface area contributed by atoms with Gasteiger partial charge >= 0.3 is 0 Å². The number of nitrogens with one attached hydrogen (secondary N) is 1. The van der Waals surface area contributed by atoms with Crippen LogP contribution in [0.5, 0.6) is 0 Å². The minimum Gasteiger partial charge on any atom is -0.376 e. The van der Waals surface area contributed by atoms with E-state index in [-0.39, 0.29) is 5.56 Å². The molecule has 1 atom stereocenters. The second-order valence-electron chi connectivity index (χ2n) is 5.18. The Morgan fingerprint density at radius 1 is 1.33 bits per heavy atom. The van der Waals surface area contributed by atoms with Gasteiger partial charge in [0.2, 0.25) is 0 Å². The number of hydrogen-bond acceptors (Lipinski definition) is 4. The summed E-state index contributed by atoms with van der Waals surface area (Å²) in [6.45, 7) is 3.76. The molecule has 3 heterocycles. The molecule has 1 N–H and O–H groups in total. The number of hydrogen-bond donors (Lipinski definition) is 1. The quantitative estimate of drug-likeness (QED) is 0.815. The van der Waals surface area contributed by atoms with Gasteiger partial charge in [0, 0.05) is 13.0 Å². The van der Waals surface area contributed by atoms with E-state index >= 15 is 0 Å². The summed E-state index contributed by atoms with van der Waals surface area (Å²) in [5, 5.41) is 0. The molecule has 5 nitrogen and oxygen atoms in total. The van der Waals surface area contributed by atoms with E-state index in [1.54, 1.807) is 0 Å². The van der Waals surface area contributed by atoms with Crippen molar-refractivity contribution in [3.8, 4) is 0 Å². The SMILES string of the molecule is CC1(c2nc3c(c(=O)[nH]2)COCC3)CCCCO1. The van der Waals surface area contributed by atoms with Gasteiger partial charge in [0.15, 0.2) is 0 Å². The lowest BCUT2D eigenvalue weighted by atomic mass is 9.94. The lowest BCUT2D eigenvalue weighted by Crippen LogP contribution is -2.36. The molecule has 3 rings (SSSR count). The number of aromatic nitrogens is 2. The van der Waals surface area contributed by atoms with Gasteiger partial charge in [-0.15, -0.1) is 0 Å². The predicted molar refractivity (Wildman–Crippen MR) is 65.4 cm³/mol. The second-order valence-corrected chi connectivity index (χ2v) is 5.18. The molecule has 98 valence electrons. The molecule has 0 amide bonds. The maximum Gasteiger partial charge on any atom is 0.256 e. The molecule has 1 fully saturated rings. The zero-order valence-electron chi connectivity index (χ0n) is 10.6. The summed E-state index contributed by atoms with van der Waals surface area (Å²) in [4.78, 5) is 19.5. The van der Waals surface area contributed by atoms with Gasteiger partial charge in [-0.3, -0.25) is 4.79 Å². The zero-order chi connectivity index (χ0) is 12.6. The van der Waals surface area contributed by atoms with Gasteiger partial charge in [0.1, 0.15) is 11.4 Å². The molecule has 0 radical (unpaired) electrons. The van der Waals surface area contributed by atoms with Crippen LogP contribution >= 0.6 is 0 Å². The van der Waals surface area contributed by atoms with E-state index in [0.29, 0.717) is 31.0 Å². The van der Waals surface area contributed by atoms with Gasteiger partial charge in [-0.1, -0.05) is 0 Å². The van der Waals surface area contributed by atoms with E-state index in [2.05, 4.69) is 9.97 Å². The second kappa shape index (κ2) is 4.48. The van der Waals surface area contributed by atoms with Crippen molar-refractivity contribution in [3.05, 3.63) is 27.4 Å². The topological polar surface area (TPSA) is 64.2 Å². The Kier molecular flexibility index (Phi) is 2.95. The van der Waals surface area contributed by atoms with Crippen LogP contribution in [0, 0.1) is 0 Å². The normalized spacial score (nSPS) is 27.8. The van der Waals surface area contributed by atoms with Gasteiger partial charge in [-0.2, -0.15) is 0 Å².